The van der Waals surface area contributed by atoms with E-state index in [2.05, 4.69) is 11.9 Å². The summed E-state index contributed by atoms with van der Waals surface area (Å²) in [6.07, 6.45) is 2.10. The van der Waals surface area contributed by atoms with Gasteiger partial charge in [-0.1, -0.05) is 0 Å². The molecule has 0 aromatic rings. The minimum absolute atomic E-state index is 0.0429. The van der Waals surface area contributed by atoms with Crippen molar-refractivity contribution in [2.45, 2.75) is 12.8 Å². The van der Waals surface area contributed by atoms with Crippen LogP contribution >= 0.6 is 0 Å². The van der Waals surface area contributed by atoms with Crippen molar-refractivity contribution < 1.29 is 9.84 Å². The quantitative estimate of drug-likeness (QED) is 0.668. The lowest BCUT2D eigenvalue weighted by Crippen LogP contribution is -2.42. The summed E-state index contributed by atoms with van der Waals surface area (Å²) in [4.78, 5) is 2.30. The molecule has 1 rings (SSSR count). The van der Waals surface area contributed by atoms with Crippen molar-refractivity contribution in [3.8, 4) is 0 Å². The third-order valence-corrected chi connectivity index (χ3v) is 2.83. The molecule has 0 saturated carbocycles. The SMILES string of the molecule is COCC1(CO)CCN(C)CC1. The molecule has 1 aliphatic rings. The van der Waals surface area contributed by atoms with Gasteiger partial charge in [0, 0.05) is 12.5 Å². The van der Waals surface area contributed by atoms with Crippen molar-refractivity contribution in [2.75, 3.05) is 40.5 Å². The summed E-state index contributed by atoms with van der Waals surface area (Å²) in [7, 11) is 3.82. The van der Waals surface area contributed by atoms with E-state index in [1.54, 1.807) is 7.11 Å². The van der Waals surface area contributed by atoms with E-state index in [0.29, 0.717) is 6.61 Å². The van der Waals surface area contributed by atoms with Crippen molar-refractivity contribution in [1.82, 2.24) is 4.90 Å². The zero-order valence-corrected chi connectivity index (χ0v) is 8.05. The van der Waals surface area contributed by atoms with Crippen molar-refractivity contribution in [3.63, 3.8) is 0 Å². The van der Waals surface area contributed by atoms with Gasteiger partial charge in [0.1, 0.15) is 0 Å². The molecule has 1 heterocycles. The fraction of sp³-hybridized carbons (Fsp3) is 1.00. The van der Waals surface area contributed by atoms with Gasteiger partial charge < -0.3 is 14.7 Å². The molecule has 1 N–H and O–H groups in total. The molecule has 0 atom stereocenters. The normalized spacial score (nSPS) is 24.2. The Morgan fingerprint density at radius 3 is 2.42 bits per heavy atom. The number of aliphatic hydroxyl groups excluding tert-OH is 1. The minimum Gasteiger partial charge on any atom is -0.396 e. The minimum atomic E-state index is 0.0429. The first-order valence-corrected chi connectivity index (χ1v) is 4.51. The highest BCUT2D eigenvalue weighted by Gasteiger charge is 2.32. The molecule has 0 bridgehead atoms. The molecule has 0 aromatic heterocycles. The number of aliphatic hydroxyl groups is 1. The van der Waals surface area contributed by atoms with Gasteiger partial charge in [0.2, 0.25) is 0 Å². The van der Waals surface area contributed by atoms with Crippen LogP contribution in [0.1, 0.15) is 12.8 Å². The number of hydrogen-bond acceptors (Lipinski definition) is 3. The molecule has 72 valence electrons. The number of nitrogens with zero attached hydrogens (tertiary/aromatic N) is 1. The van der Waals surface area contributed by atoms with Crippen LogP contribution in [-0.4, -0.2) is 50.5 Å². The Hall–Kier alpha value is -0.120. The van der Waals surface area contributed by atoms with Gasteiger partial charge in [-0.05, 0) is 33.0 Å². The van der Waals surface area contributed by atoms with Crippen LogP contribution in [0.15, 0.2) is 0 Å². The molecule has 0 radical (unpaired) electrons. The van der Waals surface area contributed by atoms with Gasteiger partial charge in [-0.25, -0.2) is 0 Å². The zero-order valence-electron chi connectivity index (χ0n) is 8.05. The lowest BCUT2D eigenvalue weighted by Gasteiger charge is -2.38. The van der Waals surface area contributed by atoms with Crippen LogP contribution in [0.3, 0.4) is 0 Å². The van der Waals surface area contributed by atoms with Crippen LogP contribution in [0.25, 0.3) is 0 Å². The van der Waals surface area contributed by atoms with E-state index in [-0.39, 0.29) is 12.0 Å². The van der Waals surface area contributed by atoms with Gasteiger partial charge in [-0.2, -0.15) is 0 Å². The molecule has 1 aliphatic heterocycles. The van der Waals surface area contributed by atoms with E-state index < -0.39 is 0 Å². The fourth-order valence-electron chi connectivity index (χ4n) is 1.75. The van der Waals surface area contributed by atoms with Crippen LogP contribution in [0, 0.1) is 5.41 Å². The van der Waals surface area contributed by atoms with Crippen LogP contribution in [0.4, 0.5) is 0 Å². The number of ether oxygens (including phenoxy) is 1. The topological polar surface area (TPSA) is 32.7 Å². The summed E-state index contributed by atoms with van der Waals surface area (Å²) in [5, 5.41) is 9.26. The second-order valence-electron chi connectivity index (χ2n) is 3.89. The third kappa shape index (κ3) is 2.19. The maximum Gasteiger partial charge on any atom is 0.0541 e. The van der Waals surface area contributed by atoms with Gasteiger partial charge in [0.25, 0.3) is 0 Å². The molecule has 1 fully saturated rings. The number of methoxy groups -OCH3 is 1. The monoisotopic (exact) mass is 173 g/mol. The first-order valence-electron chi connectivity index (χ1n) is 4.51. The molecule has 0 spiro atoms. The first kappa shape index (κ1) is 9.96. The highest BCUT2D eigenvalue weighted by atomic mass is 16.5. The number of likely N-dealkylation sites (tertiary alicyclic amines) is 1. The molecular formula is C9H19NO2. The van der Waals surface area contributed by atoms with Crippen LogP contribution < -0.4 is 0 Å². The van der Waals surface area contributed by atoms with Crippen molar-refractivity contribution in [1.29, 1.82) is 0 Å². The summed E-state index contributed by atoms with van der Waals surface area (Å²) in [6.45, 7) is 3.10. The number of rotatable bonds is 3. The fourth-order valence-corrected chi connectivity index (χ4v) is 1.75. The molecule has 3 heteroatoms. The third-order valence-electron chi connectivity index (χ3n) is 2.83. The van der Waals surface area contributed by atoms with E-state index >= 15 is 0 Å². The Labute approximate surface area is 74.3 Å². The van der Waals surface area contributed by atoms with Crippen molar-refractivity contribution in [2.24, 2.45) is 5.41 Å². The second kappa shape index (κ2) is 4.21. The van der Waals surface area contributed by atoms with E-state index in [1.807, 2.05) is 0 Å². The lowest BCUT2D eigenvalue weighted by molar-refractivity contribution is -0.0126. The number of hydrogen-bond donors (Lipinski definition) is 1. The molecule has 0 amide bonds. The van der Waals surface area contributed by atoms with Crippen LogP contribution in [0.2, 0.25) is 0 Å². The zero-order chi connectivity index (χ0) is 9.03. The van der Waals surface area contributed by atoms with E-state index in [9.17, 15) is 5.11 Å². The number of piperidine rings is 1. The first-order chi connectivity index (χ1) is 5.72. The Morgan fingerprint density at radius 2 is 2.00 bits per heavy atom. The molecule has 12 heavy (non-hydrogen) atoms. The molecule has 0 aliphatic carbocycles. The van der Waals surface area contributed by atoms with Crippen LogP contribution in [-0.2, 0) is 4.74 Å². The summed E-state index contributed by atoms with van der Waals surface area (Å²) in [5.74, 6) is 0. The largest absolute Gasteiger partial charge is 0.396 e. The van der Waals surface area contributed by atoms with Crippen molar-refractivity contribution in [3.05, 3.63) is 0 Å². The summed E-state index contributed by atoms with van der Waals surface area (Å²) < 4.78 is 5.13. The van der Waals surface area contributed by atoms with E-state index in [1.165, 1.54) is 0 Å². The Bertz CT molecular complexity index is 130. The predicted molar refractivity (Wildman–Crippen MR) is 48.1 cm³/mol. The van der Waals surface area contributed by atoms with Crippen LogP contribution in [0.5, 0.6) is 0 Å². The van der Waals surface area contributed by atoms with E-state index in [0.717, 1.165) is 25.9 Å². The predicted octanol–water partition coefficient (Wildman–Crippen LogP) is 0.337. The molecule has 1 saturated heterocycles. The highest BCUT2D eigenvalue weighted by molar-refractivity contribution is 4.84. The van der Waals surface area contributed by atoms with Gasteiger partial charge in [0.05, 0.1) is 13.2 Å². The standard InChI is InChI=1S/C9H19NO2/c1-10-5-3-9(7-11,4-6-10)8-12-2/h11H,3-8H2,1-2H3. The molecular weight excluding hydrogens is 154 g/mol. The maximum atomic E-state index is 9.26. The van der Waals surface area contributed by atoms with E-state index in [4.69, 9.17) is 4.74 Å². The summed E-state index contributed by atoms with van der Waals surface area (Å²) in [5.41, 5.74) is 0.0429. The van der Waals surface area contributed by atoms with Crippen molar-refractivity contribution >= 4 is 0 Å². The van der Waals surface area contributed by atoms with Gasteiger partial charge in [-0.3, -0.25) is 0 Å². The molecule has 0 unspecified atom stereocenters. The average molecular weight is 173 g/mol. The average Bonchev–Trinajstić information content (AvgIpc) is 2.10. The molecule has 0 aromatic carbocycles. The summed E-state index contributed by atoms with van der Waals surface area (Å²) in [6, 6.07) is 0. The Kier molecular flexibility index (Phi) is 3.50. The smallest absolute Gasteiger partial charge is 0.0541 e. The van der Waals surface area contributed by atoms with Gasteiger partial charge in [0.15, 0.2) is 0 Å². The maximum absolute atomic E-state index is 9.26. The van der Waals surface area contributed by atoms with Gasteiger partial charge in [-0.15, -0.1) is 0 Å². The molecule has 3 nitrogen and oxygen atoms in total. The van der Waals surface area contributed by atoms with Gasteiger partial charge >= 0.3 is 0 Å². The second-order valence-corrected chi connectivity index (χ2v) is 3.89. The Balaban J connectivity index is 2.45. The lowest BCUT2D eigenvalue weighted by atomic mass is 9.80. The Morgan fingerprint density at radius 1 is 1.42 bits per heavy atom. The summed E-state index contributed by atoms with van der Waals surface area (Å²) >= 11 is 0. The highest BCUT2D eigenvalue weighted by Crippen LogP contribution is 2.30.